The number of alkyl halides is 3. The van der Waals surface area contributed by atoms with E-state index in [4.69, 9.17) is 17.3 Å². The van der Waals surface area contributed by atoms with Gasteiger partial charge in [0.2, 0.25) is 0 Å². The Morgan fingerprint density at radius 3 is 2.33 bits per heavy atom. The van der Waals surface area contributed by atoms with Crippen LogP contribution in [0.1, 0.15) is 18.0 Å². The third kappa shape index (κ3) is 5.71. The minimum Gasteiger partial charge on any atom is -0.324 e. The summed E-state index contributed by atoms with van der Waals surface area (Å²) < 4.78 is 36.3. The second-order valence-corrected chi connectivity index (χ2v) is 4.74. The average molecular weight is 281 g/mol. The lowest BCUT2D eigenvalue weighted by molar-refractivity contribution is -0.143. The van der Waals surface area contributed by atoms with E-state index in [1.807, 2.05) is 0 Å². The Kier molecular flexibility index (Phi) is 5.44. The van der Waals surface area contributed by atoms with Gasteiger partial charge >= 0.3 is 6.18 Å². The maximum absolute atomic E-state index is 12.1. The number of hydrogen-bond acceptors (Lipinski definition) is 2. The minimum absolute atomic E-state index is 0.280. The van der Waals surface area contributed by atoms with Crippen molar-refractivity contribution in [2.45, 2.75) is 18.6 Å². The molecule has 0 aromatic heterocycles. The topological polar surface area (TPSA) is 29.3 Å². The fourth-order valence-electron chi connectivity index (χ4n) is 1.62. The molecule has 0 radical (unpaired) electrons. The lowest BCUT2D eigenvalue weighted by atomic mass is 10.0. The van der Waals surface area contributed by atoms with Crippen molar-refractivity contribution >= 4 is 11.6 Å². The maximum atomic E-state index is 12.1. The molecule has 1 aromatic rings. The predicted octanol–water partition coefficient (Wildman–Crippen LogP) is 3.22. The largest absolute Gasteiger partial charge is 0.401 e. The molecule has 0 aliphatic rings. The summed E-state index contributed by atoms with van der Waals surface area (Å²) in [6, 6.07) is 6.73. The van der Waals surface area contributed by atoms with E-state index >= 15 is 0 Å². The van der Waals surface area contributed by atoms with Crippen LogP contribution in [0, 0.1) is 0 Å². The molecule has 0 fully saturated rings. The van der Waals surface area contributed by atoms with Gasteiger partial charge in [0.1, 0.15) is 0 Å². The molecule has 0 heterocycles. The van der Waals surface area contributed by atoms with Crippen LogP contribution in [0.3, 0.4) is 0 Å². The van der Waals surface area contributed by atoms with Gasteiger partial charge in [0.15, 0.2) is 0 Å². The zero-order valence-corrected chi connectivity index (χ0v) is 10.8. The van der Waals surface area contributed by atoms with E-state index in [9.17, 15) is 13.2 Å². The normalized spacial score (nSPS) is 13.9. The third-order valence-electron chi connectivity index (χ3n) is 2.57. The van der Waals surface area contributed by atoms with Crippen LogP contribution in [-0.2, 0) is 0 Å². The molecule has 1 atom stereocenters. The van der Waals surface area contributed by atoms with Crippen molar-refractivity contribution in [1.82, 2.24) is 4.90 Å². The number of nitrogens with two attached hydrogens (primary N) is 1. The van der Waals surface area contributed by atoms with Crippen molar-refractivity contribution in [1.29, 1.82) is 0 Å². The molecule has 0 saturated carbocycles. The summed E-state index contributed by atoms with van der Waals surface area (Å²) in [5, 5.41) is 0.611. The van der Waals surface area contributed by atoms with Gasteiger partial charge in [-0.2, -0.15) is 13.2 Å². The van der Waals surface area contributed by atoms with E-state index in [1.54, 1.807) is 24.3 Å². The Labute approximate surface area is 110 Å². The van der Waals surface area contributed by atoms with Crippen LogP contribution >= 0.6 is 11.6 Å². The first-order valence-electron chi connectivity index (χ1n) is 5.54. The highest BCUT2D eigenvalue weighted by Gasteiger charge is 2.29. The van der Waals surface area contributed by atoms with Gasteiger partial charge in [0.05, 0.1) is 6.54 Å². The quantitative estimate of drug-likeness (QED) is 0.897. The Morgan fingerprint density at radius 2 is 1.83 bits per heavy atom. The minimum atomic E-state index is -4.17. The molecule has 0 bridgehead atoms. The Hall–Kier alpha value is -0.780. The molecule has 1 rings (SSSR count). The van der Waals surface area contributed by atoms with Crippen LogP contribution in [0.15, 0.2) is 24.3 Å². The smallest absolute Gasteiger partial charge is 0.324 e. The maximum Gasteiger partial charge on any atom is 0.401 e. The van der Waals surface area contributed by atoms with Gasteiger partial charge in [-0.3, -0.25) is 4.90 Å². The highest BCUT2D eigenvalue weighted by molar-refractivity contribution is 6.30. The first kappa shape index (κ1) is 15.3. The second kappa shape index (κ2) is 6.41. The van der Waals surface area contributed by atoms with Gasteiger partial charge in [0, 0.05) is 11.1 Å². The molecule has 102 valence electrons. The Balaban J connectivity index is 2.41. The summed E-state index contributed by atoms with van der Waals surface area (Å²) >= 11 is 5.74. The predicted molar refractivity (Wildman–Crippen MR) is 66.5 cm³/mol. The summed E-state index contributed by atoms with van der Waals surface area (Å²) in [5.74, 6) is 0. The van der Waals surface area contributed by atoms with Gasteiger partial charge in [-0.1, -0.05) is 23.7 Å². The zero-order chi connectivity index (χ0) is 13.8. The molecule has 0 aliphatic carbocycles. The summed E-state index contributed by atoms with van der Waals surface area (Å²) in [4.78, 5) is 1.22. The summed E-state index contributed by atoms with van der Waals surface area (Å²) in [6.07, 6.45) is -3.70. The van der Waals surface area contributed by atoms with Gasteiger partial charge in [0.25, 0.3) is 0 Å². The fourth-order valence-corrected chi connectivity index (χ4v) is 1.75. The molecule has 2 N–H and O–H groups in total. The zero-order valence-electron chi connectivity index (χ0n) is 10.0. The van der Waals surface area contributed by atoms with Crippen molar-refractivity contribution in [2.75, 3.05) is 20.1 Å². The summed E-state index contributed by atoms with van der Waals surface area (Å²) in [7, 11) is 1.43. The van der Waals surface area contributed by atoms with Crippen LogP contribution in [0.2, 0.25) is 5.02 Å². The SMILES string of the molecule is CN(CCC(N)c1ccc(Cl)cc1)CC(F)(F)F. The molecule has 0 spiro atoms. The third-order valence-corrected chi connectivity index (χ3v) is 2.82. The Morgan fingerprint density at radius 1 is 1.28 bits per heavy atom. The van der Waals surface area contributed by atoms with Crippen molar-refractivity contribution in [3.8, 4) is 0 Å². The van der Waals surface area contributed by atoms with E-state index in [-0.39, 0.29) is 6.04 Å². The number of benzene rings is 1. The van der Waals surface area contributed by atoms with E-state index < -0.39 is 12.7 Å². The fraction of sp³-hybridized carbons (Fsp3) is 0.500. The van der Waals surface area contributed by atoms with E-state index in [0.717, 1.165) is 5.56 Å². The van der Waals surface area contributed by atoms with E-state index in [1.165, 1.54) is 11.9 Å². The molecule has 2 nitrogen and oxygen atoms in total. The van der Waals surface area contributed by atoms with Crippen LogP contribution < -0.4 is 5.73 Å². The standard InChI is InChI=1S/C12H16ClF3N2/c1-18(8-12(14,15)16)7-6-11(17)9-2-4-10(13)5-3-9/h2-5,11H,6-8,17H2,1H3. The summed E-state index contributed by atoms with van der Waals surface area (Å²) in [6.45, 7) is -0.621. The molecular weight excluding hydrogens is 265 g/mol. The monoisotopic (exact) mass is 280 g/mol. The van der Waals surface area contributed by atoms with Crippen LogP contribution in [0.5, 0.6) is 0 Å². The van der Waals surface area contributed by atoms with E-state index in [2.05, 4.69) is 0 Å². The van der Waals surface area contributed by atoms with Crippen molar-refractivity contribution in [3.05, 3.63) is 34.9 Å². The molecule has 1 aromatic carbocycles. The van der Waals surface area contributed by atoms with Gasteiger partial charge < -0.3 is 5.73 Å². The number of rotatable bonds is 5. The molecule has 1 unspecified atom stereocenters. The highest BCUT2D eigenvalue weighted by Crippen LogP contribution is 2.19. The first-order valence-corrected chi connectivity index (χ1v) is 5.92. The molecule has 0 amide bonds. The van der Waals surface area contributed by atoms with Crippen molar-refractivity contribution in [3.63, 3.8) is 0 Å². The van der Waals surface area contributed by atoms with E-state index in [0.29, 0.717) is 18.0 Å². The number of halogens is 4. The molecule has 0 aliphatic heterocycles. The van der Waals surface area contributed by atoms with Gasteiger partial charge in [-0.25, -0.2) is 0 Å². The molecule has 18 heavy (non-hydrogen) atoms. The lowest BCUT2D eigenvalue weighted by Gasteiger charge is -2.20. The summed E-state index contributed by atoms with van der Waals surface area (Å²) in [5.41, 5.74) is 6.78. The van der Waals surface area contributed by atoms with Crippen LogP contribution in [-0.4, -0.2) is 31.2 Å². The highest BCUT2D eigenvalue weighted by atomic mass is 35.5. The molecular formula is C12H16ClF3N2. The van der Waals surface area contributed by atoms with Crippen LogP contribution in [0.4, 0.5) is 13.2 Å². The first-order chi connectivity index (χ1) is 8.28. The second-order valence-electron chi connectivity index (χ2n) is 4.30. The van der Waals surface area contributed by atoms with Gasteiger partial charge in [-0.05, 0) is 37.7 Å². The van der Waals surface area contributed by atoms with Crippen LogP contribution in [0.25, 0.3) is 0 Å². The molecule has 6 heteroatoms. The van der Waals surface area contributed by atoms with Crippen molar-refractivity contribution in [2.24, 2.45) is 5.73 Å². The lowest BCUT2D eigenvalue weighted by Crippen LogP contribution is -2.33. The molecule has 0 saturated heterocycles. The Bertz CT molecular complexity index is 365. The van der Waals surface area contributed by atoms with Gasteiger partial charge in [-0.15, -0.1) is 0 Å². The average Bonchev–Trinajstić information content (AvgIpc) is 2.24. The van der Waals surface area contributed by atoms with Crippen molar-refractivity contribution < 1.29 is 13.2 Å². The number of nitrogens with zero attached hydrogens (tertiary/aromatic N) is 1. The number of hydrogen-bond donors (Lipinski definition) is 1.